The monoisotopic (exact) mass is 497 g/mol. The minimum Gasteiger partial charge on any atom is -0.290 e. The Labute approximate surface area is 206 Å². The minimum absolute atomic E-state index is 0.213. The third-order valence-corrected chi connectivity index (χ3v) is 7.17. The zero-order valence-corrected chi connectivity index (χ0v) is 20.6. The Morgan fingerprint density at radius 2 is 1.82 bits per heavy atom. The molecule has 3 amide bonds. The van der Waals surface area contributed by atoms with Gasteiger partial charge in [0.25, 0.3) is 17.7 Å². The second kappa shape index (κ2) is 9.99. The predicted molar refractivity (Wildman–Crippen MR) is 131 cm³/mol. The number of benzene rings is 2. The summed E-state index contributed by atoms with van der Waals surface area (Å²) in [7, 11) is 0. The molecule has 1 unspecified atom stereocenters. The number of nitrogens with zero attached hydrogens (tertiary/aromatic N) is 4. The molecule has 176 valence electrons. The van der Waals surface area contributed by atoms with Crippen LogP contribution >= 0.6 is 23.4 Å². The van der Waals surface area contributed by atoms with E-state index in [-0.39, 0.29) is 29.0 Å². The molecule has 1 atom stereocenters. The fourth-order valence-corrected chi connectivity index (χ4v) is 4.98. The van der Waals surface area contributed by atoms with Crippen LogP contribution in [0.4, 0.5) is 5.95 Å². The number of hydrogen-bond acceptors (Lipinski definition) is 6. The number of imide groups is 1. The minimum atomic E-state index is -0.435. The lowest BCUT2D eigenvalue weighted by Gasteiger charge is -2.20. The van der Waals surface area contributed by atoms with Gasteiger partial charge >= 0.3 is 0 Å². The predicted octanol–water partition coefficient (Wildman–Crippen LogP) is 4.89. The van der Waals surface area contributed by atoms with Crippen LogP contribution in [0.3, 0.4) is 0 Å². The molecular weight excluding hydrogens is 474 g/mol. The summed E-state index contributed by atoms with van der Waals surface area (Å²) < 4.78 is 1.80. The zero-order valence-electron chi connectivity index (χ0n) is 19.0. The maximum absolute atomic E-state index is 12.9. The molecule has 4 rings (SSSR count). The average Bonchev–Trinajstić information content (AvgIpc) is 3.34. The van der Waals surface area contributed by atoms with Crippen LogP contribution in [0.1, 0.15) is 63.8 Å². The molecule has 1 aromatic heterocycles. The van der Waals surface area contributed by atoms with E-state index < -0.39 is 5.91 Å². The van der Waals surface area contributed by atoms with Gasteiger partial charge in [-0.1, -0.05) is 48.5 Å². The second-order valence-corrected chi connectivity index (χ2v) is 9.23. The Morgan fingerprint density at radius 3 is 2.53 bits per heavy atom. The average molecular weight is 498 g/mol. The summed E-state index contributed by atoms with van der Waals surface area (Å²) in [5, 5.41) is 12.4. The maximum atomic E-state index is 12.9. The molecule has 2 heterocycles. The second-order valence-electron chi connectivity index (χ2n) is 7.88. The fraction of sp³-hybridized carbons (Fsp3) is 0.292. The molecule has 34 heavy (non-hydrogen) atoms. The van der Waals surface area contributed by atoms with E-state index in [0.717, 1.165) is 5.56 Å². The first kappa shape index (κ1) is 24.0. The molecule has 0 saturated heterocycles. The van der Waals surface area contributed by atoms with E-state index in [1.807, 2.05) is 45.0 Å². The molecule has 0 aliphatic carbocycles. The normalized spacial score (nSPS) is 13.8. The number of hydrogen-bond donors (Lipinski definition) is 1. The van der Waals surface area contributed by atoms with Gasteiger partial charge in [0.15, 0.2) is 5.16 Å². The summed E-state index contributed by atoms with van der Waals surface area (Å²) in [6, 6.07) is 11.9. The molecular formula is C24H24ClN5O3S. The molecule has 0 radical (unpaired) electrons. The quantitative estimate of drug-likeness (QED) is 0.351. The molecule has 10 heteroatoms. The molecule has 3 aromatic rings. The lowest BCUT2D eigenvalue weighted by molar-refractivity contribution is 0.0593. The topological polar surface area (TPSA) is 97.2 Å². The molecule has 8 nitrogen and oxygen atoms in total. The van der Waals surface area contributed by atoms with E-state index in [1.165, 1.54) is 28.8 Å². The Hall–Kier alpha value is -3.17. The van der Waals surface area contributed by atoms with Crippen LogP contribution in [0.2, 0.25) is 5.02 Å². The van der Waals surface area contributed by atoms with Crippen LogP contribution in [0.15, 0.2) is 47.6 Å². The Morgan fingerprint density at radius 1 is 1.09 bits per heavy atom. The highest BCUT2D eigenvalue weighted by Crippen LogP contribution is 2.29. The summed E-state index contributed by atoms with van der Waals surface area (Å²) in [4.78, 5) is 39.6. The molecule has 0 spiro atoms. The van der Waals surface area contributed by atoms with Gasteiger partial charge in [0.2, 0.25) is 5.95 Å². The van der Waals surface area contributed by atoms with Crippen LogP contribution in [-0.4, -0.2) is 43.4 Å². The van der Waals surface area contributed by atoms with Gasteiger partial charge in [-0.3, -0.25) is 29.2 Å². The van der Waals surface area contributed by atoms with Gasteiger partial charge in [-0.2, -0.15) is 0 Å². The van der Waals surface area contributed by atoms with Gasteiger partial charge in [-0.15, -0.1) is 10.2 Å². The summed E-state index contributed by atoms with van der Waals surface area (Å²) in [5.41, 5.74) is 1.80. The van der Waals surface area contributed by atoms with Gasteiger partial charge in [0.05, 0.1) is 11.1 Å². The number of nitrogens with one attached hydrogen (secondary N) is 1. The lowest BCUT2D eigenvalue weighted by atomic mass is 10.1. The molecule has 1 N–H and O–H groups in total. The number of anilines is 1. The van der Waals surface area contributed by atoms with E-state index in [4.69, 9.17) is 11.6 Å². The van der Waals surface area contributed by atoms with Crippen molar-refractivity contribution in [1.82, 2.24) is 19.7 Å². The molecule has 2 aromatic carbocycles. The third-order valence-electron chi connectivity index (χ3n) is 5.78. The number of carbonyl (C=O) groups is 3. The van der Waals surface area contributed by atoms with Crippen molar-refractivity contribution < 1.29 is 14.4 Å². The van der Waals surface area contributed by atoms with Gasteiger partial charge in [-0.05, 0) is 50.1 Å². The van der Waals surface area contributed by atoms with Crippen LogP contribution < -0.4 is 5.32 Å². The van der Waals surface area contributed by atoms with Crippen molar-refractivity contribution >= 4 is 47.0 Å². The van der Waals surface area contributed by atoms with Crippen molar-refractivity contribution in [3.63, 3.8) is 0 Å². The number of amides is 3. The molecule has 1 aliphatic rings. The van der Waals surface area contributed by atoms with Crippen LogP contribution in [0, 0.1) is 0 Å². The molecule has 0 fully saturated rings. The van der Waals surface area contributed by atoms with E-state index >= 15 is 0 Å². The smallest absolute Gasteiger partial charge is 0.261 e. The van der Waals surface area contributed by atoms with Crippen molar-refractivity contribution in [2.75, 3.05) is 5.32 Å². The SMILES string of the molecule is CCC(C)N1C(=O)c2ccc(C(=O)Nc3nnc(SCc4ccccc4Cl)n3CC)cc2C1=O. The van der Waals surface area contributed by atoms with Crippen LogP contribution in [-0.2, 0) is 12.3 Å². The van der Waals surface area contributed by atoms with Gasteiger partial charge in [0.1, 0.15) is 0 Å². The maximum Gasteiger partial charge on any atom is 0.261 e. The standard InChI is InChI=1S/C24H24ClN5O3S/c1-4-14(3)30-21(32)17-11-10-15(12-18(17)22(30)33)20(31)26-23-27-28-24(29(23)5-2)34-13-16-8-6-7-9-19(16)25/h6-12,14H,4-5,13H2,1-3H3,(H,26,27,31). The molecule has 0 saturated carbocycles. The highest BCUT2D eigenvalue weighted by molar-refractivity contribution is 7.98. The number of rotatable bonds is 8. The highest BCUT2D eigenvalue weighted by atomic mass is 35.5. The summed E-state index contributed by atoms with van der Waals surface area (Å²) in [6.07, 6.45) is 0.655. The largest absolute Gasteiger partial charge is 0.290 e. The number of fused-ring (bicyclic) bond motifs is 1. The van der Waals surface area contributed by atoms with Gasteiger partial charge < -0.3 is 0 Å². The van der Waals surface area contributed by atoms with Gasteiger partial charge in [0, 0.05) is 28.9 Å². The summed E-state index contributed by atoms with van der Waals surface area (Å²) >= 11 is 7.71. The lowest BCUT2D eigenvalue weighted by Crippen LogP contribution is -2.37. The number of carbonyl (C=O) groups excluding carboxylic acids is 3. The van der Waals surface area contributed by atoms with E-state index in [1.54, 1.807) is 10.6 Å². The number of aromatic nitrogens is 3. The summed E-state index contributed by atoms with van der Waals surface area (Å²) in [6.45, 7) is 6.22. The van der Waals surface area contributed by atoms with Gasteiger partial charge in [-0.25, -0.2) is 0 Å². The van der Waals surface area contributed by atoms with E-state index in [0.29, 0.717) is 40.4 Å². The summed E-state index contributed by atoms with van der Waals surface area (Å²) in [5.74, 6) is -0.223. The molecule has 1 aliphatic heterocycles. The van der Waals surface area contributed by atoms with Crippen LogP contribution in [0.5, 0.6) is 0 Å². The highest BCUT2D eigenvalue weighted by Gasteiger charge is 2.38. The van der Waals surface area contributed by atoms with Crippen LogP contribution in [0.25, 0.3) is 0 Å². The first-order chi connectivity index (χ1) is 16.3. The number of halogens is 1. The zero-order chi connectivity index (χ0) is 24.4. The first-order valence-electron chi connectivity index (χ1n) is 11.0. The van der Waals surface area contributed by atoms with Crippen molar-refractivity contribution in [2.24, 2.45) is 0 Å². The van der Waals surface area contributed by atoms with Crippen molar-refractivity contribution in [2.45, 2.75) is 50.7 Å². The number of thioether (sulfide) groups is 1. The Balaban J connectivity index is 1.51. The van der Waals surface area contributed by atoms with Crippen molar-refractivity contribution in [3.8, 4) is 0 Å². The Bertz CT molecular complexity index is 1280. The van der Waals surface area contributed by atoms with E-state index in [9.17, 15) is 14.4 Å². The van der Waals surface area contributed by atoms with Crippen molar-refractivity contribution in [3.05, 3.63) is 69.7 Å². The first-order valence-corrected chi connectivity index (χ1v) is 12.3. The van der Waals surface area contributed by atoms with Crippen molar-refractivity contribution in [1.29, 1.82) is 0 Å². The molecule has 0 bridgehead atoms. The Kier molecular flexibility index (Phi) is 7.04. The van der Waals surface area contributed by atoms with E-state index in [2.05, 4.69) is 15.5 Å². The fourth-order valence-electron chi connectivity index (χ4n) is 3.69. The third kappa shape index (κ3) is 4.45.